The lowest BCUT2D eigenvalue weighted by molar-refractivity contribution is -0.684. The molecule has 0 saturated heterocycles. The molecule has 1 aliphatic heterocycles. The minimum Gasteiger partial charge on any atom is -0.411 e. The zero-order valence-corrected chi connectivity index (χ0v) is 12.2. The normalized spacial score (nSPS) is 14.1. The first-order valence-electron chi connectivity index (χ1n) is 7.33. The molecule has 0 bridgehead atoms. The molecule has 5 heteroatoms. The van der Waals surface area contributed by atoms with Crippen molar-refractivity contribution in [2.75, 3.05) is 11.4 Å². The van der Waals surface area contributed by atoms with E-state index in [1.807, 2.05) is 41.4 Å². The van der Waals surface area contributed by atoms with Crippen LogP contribution in [0.25, 0.3) is 0 Å². The average molecular weight is 296 g/mol. The molecule has 0 radical (unpaired) electrons. The largest absolute Gasteiger partial charge is 0.411 e. The van der Waals surface area contributed by atoms with Gasteiger partial charge < -0.3 is 10.1 Å². The van der Waals surface area contributed by atoms with Crippen LogP contribution in [0.1, 0.15) is 17.5 Å². The standard InChI is InChI=1S/C17H17N3O2/c21-17(13-19-9-3-5-14(12-19)11-18-22)20-10-4-7-15-6-1-2-8-16(15)20/h1-3,5-6,8-9,11-12H,4,7,10,13H2/p+1. The summed E-state index contributed by atoms with van der Waals surface area (Å²) in [5.41, 5.74) is 3.00. The fraction of sp³-hybridized carbons (Fsp3) is 0.235. The summed E-state index contributed by atoms with van der Waals surface area (Å²) in [6.45, 7) is 1.02. The van der Waals surface area contributed by atoms with Gasteiger partial charge >= 0.3 is 0 Å². The second-order valence-corrected chi connectivity index (χ2v) is 5.33. The molecule has 5 nitrogen and oxygen atoms in total. The van der Waals surface area contributed by atoms with E-state index in [0.29, 0.717) is 0 Å². The van der Waals surface area contributed by atoms with Crippen LogP contribution < -0.4 is 9.47 Å². The number of oxime groups is 1. The first-order chi connectivity index (χ1) is 10.8. The predicted molar refractivity (Wildman–Crippen MR) is 83.1 cm³/mol. The molecule has 1 amide bonds. The number of rotatable bonds is 3. The van der Waals surface area contributed by atoms with Crippen molar-refractivity contribution < 1.29 is 14.6 Å². The quantitative estimate of drug-likeness (QED) is 0.406. The monoisotopic (exact) mass is 296 g/mol. The number of amides is 1. The van der Waals surface area contributed by atoms with Crippen LogP contribution in [0.3, 0.4) is 0 Å². The minimum atomic E-state index is 0.0650. The number of carbonyl (C=O) groups excluding carboxylic acids is 1. The van der Waals surface area contributed by atoms with Gasteiger partial charge in [-0.15, -0.1) is 0 Å². The van der Waals surface area contributed by atoms with E-state index in [1.165, 1.54) is 11.8 Å². The molecule has 1 aromatic carbocycles. The van der Waals surface area contributed by atoms with Gasteiger partial charge in [-0.3, -0.25) is 4.79 Å². The van der Waals surface area contributed by atoms with Gasteiger partial charge in [-0.05, 0) is 30.5 Å². The van der Waals surface area contributed by atoms with Gasteiger partial charge in [-0.25, -0.2) is 0 Å². The number of aryl methyl sites for hydroxylation is 1. The van der Waals surface area contributed by atoms with E-state index in [9.17, 15) is 4.79 Å². The lowest BCUT2D eigenvalue weighted by Crippen LogP contribution is -2.46. The van der Waals surface area contributed by atoms with Gasteiger partial charge in [0.25, 0.3) is 5.91 Å². The van der Waals surface area contributed by atoms with Crippen LogP contribution in [0.4, 0.5) is 5.69 Å². The number of pyridine rings is 1. The molecule has 0 spiro atoms. The smallest absolute Gasteiger partial charge is 0.292 e. The van der Waals surface area contributed by atoms with Gasteiger partial charge in [0.15, 0.2) is 12.4 Å². The predicted octanol–water partition coefficient (Wildman–Crippen LogP) is 1.76. The maximum atomic E-state index is 12.6. The van der Waals surface area contributed by atoms with E-state index in [0.717, 1.165) is 30.6 Å². The molecule has 1 aromatic heterocycles. The summed E-state index contributed by atoms with van der Waals surface area (Å²) in [6.07, 6.45) is 6.98. The molecule has 0 atom stereocenters. The van der Waals surface area contributed by atoms with Gasteiger partial charge in [-0.2, -0.15) is 4.57 Å². The molecule has 1 N–H and O–H groups in total. The molecule has 0 saturated carbocycles. The average Bonchev–Trinajstić information content (AvgIpc) is 2.55. The van der Waals surface area contributed by atoms with Crippen molar-refractivity contribution in [1.82, 2.24) is 0 Å². The van der Waals surface area contributed by atoms with Crippen molar-refractivity contribution in [3.05, 3.63) is 59.9 Å². The first-order valence-corrected chi connectivity index (χ1v) is 7.33. The summed E-state index contributed by atoms with van der Waals surface area (Å²) in [7, 11) is 0. The Labute approximate surface area is 129 Å². The van der Waals surface area contributed by atoms with E-state index in [4.69, 9.17) is 5.21 Å². The van der Waals surface area contributed by atoms with E-state index in [2.05, 4.69) is 11.2 Å². The van der Waals surface area contributed by atoms with Crippen LogP contribution in [0.15, 0.2) is 53.9 Å². The summed E-state index contributed by atoms with van der Waals surface area (Å²) in [5, 5.41) is 11.6. The molecule has 22 heavy (non-hydrogen) atoms. The number of benzene rings is 1. The van der Waals surface area contributed by atoms with Gasteiger partial charge in [-0.1, -0.05) is 23.4 Å². The van der Waals surface area contributed by atoms with Crippen LogP contribution in [-0.2, 0) is 17.8 Å². The second kappa shape index (κ2) is 6.39. The summed E-state index contributed by atoms with van der Waals surface area (Å²) < 4.78 is 1.80. The fourth-order valence-electron chi connectivity index (χ4n) is 2.82. The van der Waals surface area contributed by atoms with Crippen molar-refractivity contribution in [1.29, 1.82) is 0 Å². The van der Waals surface area contributed by atoms with Crippen molar-refractivity contribution >= 4 is 17.8 Å². The number of carbonyl (C=O) groups is 1. The molecule has 112 valence electrons. The fourth-order valence-corrected chi connectivity index (χ4v) is 2.82. The molecule has 0 fully saturated rings. The Hall–Kier alpha value is -2.69. The van der Waals surface area contributed by atoms with Crippen LogP contribution in [0, 0.1) is 0 Å². The van der Waals surface area contributed by atoms with Crippen molar-refractivity contribution in [2.24, 2.45) is 5.16 Å². The van der Waals surface area contributed by atoms with Crippen molar-refractivity contribution in [2.45, 2.75) is 19.4 Å². The summed E-state index contributed by atoms with van der Waals surface area (Å²) >= 11 is 0. The third-order valence-electron chi connectivity index (χ3n) is 3.82. The molecular weight excluding hydrogens is 278 g/mol. The Bertz CT molecular complexity index is 713. The number of nitrogens with zero attached hydrogens (tertiary/aromatic N) is 3. The van der Waals surface area contributed by atoms with Crippen LogP contribution in [0.5, 0.6) is 0 Å². The third-order valence-corrected chi connectivity index (χ3v) is 3.82. The Morgan fingerprint density at radius 1 is 1.32 bits per heavy atom. The number of aromatic nitrogens is 1. The lowest BCUT2D eigenvalue weighted by atomic mass is 10.0. The molecule has 2 heterocycles. The first kappa shape index (κ1) is 14.3. The van der Waals surface area contributed by atoms with Gasteiger partial charge in [0.2, 0.25) is 6.54 Å². The number of hydrogen-bond acceptors (Lipinski definition) is 3. The SMILES string of the molecule is O=C(C[n+]1cccc(C=NO)c1)N1CCCc2ccccc21. The molecule has 1 aliphatic rings. The van der Waals surface area contributed by atoms with Crippen LogP contribution in [0.2, 0.25) is 0 Å². The zero-order valence-electron chi connectivity index (χ0n) is 12.2. The summed E-state index contributed by atoms with van der Waals surface area (Å²) in [4.78, 5) is 14.5. The van der Waals surface area contributed by atoms with Gasteiger partial charge in [0, 0.05) is 18.3 Å². The number of hydrogen-bond donors (Lipinski definition) is 1. The molecule has 2 aromatic rings. The Morgan fingerprint density at radius 3 is 3.05 bits per heavy atom. The van der Waals surface area contributed by atoms with Gasteiger partial charge in [0.1, 0.15) is 0 Å². The molecular formula is C17H18N3O2+. The topological polar surface area (TPSA) is 56.8 Å². The molecule has 0 unspecified atom stereocenters. The Kier molecular flexibility index (Phi) is 4.14. The highest BCUT2D eigenvalue weighted by atomic mass is 16.4. The highest BCUT2D eigenvalue weighted by molar-refractivity contribution is 5.93. The number of para-hydroxylation sites is 1. The maximum Gasteiger partial charge on any atom is 0.292 e. The Balaban J connectivity index is 1.79. The minimum absolute atomic E-state index is 0.0650. The third kappa shape index (κ3) is 2.98. The highest BCUT2D eigenvalue weighted by Crippen LogP contribution is 2.26. The maximum absolute atomic E-state index is 12.6. The molecule has 3 rings (SSSR count). The van der Waals surface area contributed by atoms with Gasteiger partial charge in [0.05, 0.1) is 11.8 Å². The number of anilines is 1. The Morgan fingerprint density at radius 2 is 2.18 bits per heavy atom. The summed E-state index contributed by atoms with van der Waals surface area (Å²) in [5.74, 6) is 0.0650. The lowest BCUT2D eigenvalue weighted by Gasteiger charge is -2.28. The highest BCUT2D eigenvalue weighted by Gasteiger charge is 2.24. The summed E-state index contributed by atoms with van der Waals surface area (Å²) in [6, 6.07) is 11.7. The van der Waals surface area contributed by atoms with E-state index >= 15 is 0 Å². The number of fused-ring (bicyclic) bond motifs is 1. The van der Waals surface area contributed by atoms with E-state index in [-0.39, 0.29) is 12.5 Å². The van der Waals surface area contributed by atoms with E-state index in [1.54, 1.807) is 10.8 Å². The zero-order chi connectivity index (χ0) is 15.4. The molecule has 0 aliphatic carbocycles. The second-order valence-electron chi connectivity index (χ2n) is 5.33. The van der Waals surface area contributed by atoms with Crippen LogP contribution in [-0.4, -0.2) is 23.9 Å². The van der Waals surface area contributed by atoms with Crippen molar-refractivity contribution in [3.63, 3.8) is 0 Å². The van der Waals surface area contributed by atoms with E-state index < -0.39 is 0 Å². The van der Waals surface area contributed by atoms with Crippen molar-refractivity contribution in [3.8, 4) is 0 Å². The van der Waals surface area contributed by atoms with Crippen LogP contribution >= 0.6 is 0 Å².